The molecule has 0 aliphatic rings. The van der Waals surface area contributed by atoms with E-state index in [0.717, 1.165) is 69.8 Å². The third-order valence-corrected chi connectivity index (χ3v) is 9.81. The monoisotopic (exact) mass is 623 g/mol. The van der Waals surface area contributed by atoms with Crippen LogP contribution in [-0.2, 0) is 0 Å². The van der Waals surface area contributed by atoms with Gasteiger partial charge in [0.25, 0.3) is 0 Å². The van der Waals surface area contributed by atoms with E-state index >= 15 is 0 Å². The zero-order chi connectivity index (χ0) is 30.3. The van der Waals surface area contributed by atoms with Gasteiger partial charge in [0.2, 0.25) is 0 Å². The van der Waals surface area contributed by atoms with Gasteiger partial charge in [0.1, 0.15) is 21.6 Å². The van der Waals surface area contributed by atoms with Crippen molar-refractivity contribution in [2.45, 2.75) is 0 Å². The molecule has 0 N–H and O–H groups in total. The van der Waals surface area contributed by atoms with Crippen LogP contribution in [0.25, 0.3) is 52.7 Å². The lowest BCUT2D eigenvalue weighted by atomic mass is 10.0. The number of nitrogens with zero attached hydrogens (tertiary/aromatic N) is 3. The highest BCUT2D eigenvalue weighted by molar-refractivity contribution is 7.22. The van der Waals surface area contributed by atoms with E-state index in [-0.39, 0.29) is 11.6 Å². The normalized spacial score (nSPS) is 11.3. The summed E-state index contributed by atoms with van der Waals surface area (Å²) in [6.45, 7) is 0. The van der Waals surface area contributed by atoms with Crippen molar-refractivity contribution in [3.8, 4) is 32.3 Å². The molecule has 8 rings (SSSR count). The van der Waals surface area contributed by atoms with Gasteiger partial charge < -0.3 is 4.90 Å². The van der Waals surface area contributed by atoms with Crippen molar-refractivity contribution in [3.05, 3.63) is 151 Å². The van der Waals surface area contributed by atoms with Crippen LogP contribution in [0, 0.1) is 11.6 Å². The Balaban J connectivity index is 1.23. The summed E-state index contributed by atoms with van der Waals surface area (Å²) < 4.78 is 29.2. The smallest absolute Gasteiger partial charge is 0.124 e. The van der Waals surface area contributed by atoms with Crippen LogP contribution in [0.3, 0.4) is 0 Å². The number of thiazole rings is 2. The zero-order valence-corrected chi connectivity index (χ0v) is 25.3. The lowest BCUT2D eigenvalue weighted by Crippen LogP contribution is -2.09. The largest absolute Gasteiger partial charge is 0.310 e. The van der Waals surface area contributed by atoms with Crippen LogP contribution in [0.1, 0.15) is 0 Å². The van der Waals surface area contributed by atoms with Crippen molar-refractivity contribution in [2.75, 3.05) is 4.90 Å². The molecule has 6 aromatic carbocycles. The molecule has 0 bridgehead atoms. The van der Waals surface area contributed by atoms with Gasteiger partial charge in [-0.1, -0.05) is 42.5 Å². The standard InChI is InChI=1S/C38H23F2N3S2/c39-28-12-6-26(7-13-28)37-41-33-20-18-31(22-35(33)44-37)43(30-16-10-25(11-17-30)24-4-2-1-3-5-24)32-19-21-34-36(23-32)45-38(42-34)27-8-14-29(40)15-9-27/h1-23H. The zero-order valence-electron chi connectivity index (χ0n) is 23.7. The van der Waals surface area contributed by atoms with Crippen molar-refractivity contribution in [1.29, 1.82) is 0 Å². The summed E-state index contributed by atoms with van der Waals surface area (Å²) in [6.07, 6.45) is 0. The number of hydrogen-bond donors (Lipinski definition) is 0. The highest BCUT2D eigenvalue weighted by Gasteiger charge is 2.17. The van der Waals surface area contributed by atoms with E-state index in [4.69, 9.17) is 9.97 Å². The highest BCUT2D eigenvalue weighted by atomic mass is 32.1. The van der Waals surface area contributed by atoms with E-state index in [0.29, 0.717) is 0 Å². The third-order valence-electron chi connectivity index (χ3n) is 7.68. The Kier molecular flexibility index (Phi) is 6.89. The van der Waals surface area contributed by atoms with Gasteiger partial charge in [0, 0.05) is 28.2 Å². The van der Waals surface area contributed by atoms with Crippen LogP contribution < -0.4 is 4.90 Å². The van der Waals surface area contributed by atoms with Crippen molar-refractivity contribution < 1.29 is 8.78 Å². The van der Waals surface area contributed by atoms with Crippen LogP contribution in [0.2, 0.25) is 0 Å². The van der Waals surface area contributed by atoms with Gasteiger partial charge >= 0.3 is 0 Å². The lowest BCUT2D eigenvalue weighted by Gasteiger charge is -2.25. The number of rotatable bonds is 6. The Bertz CT molecular complexity index is 2150. The quantitative estimate of drug-likeness (QED) is 0.185. The third kappa shape index (κ3) is 5.37. The fourth-order valence-electron chi connectivity index (χ4n) is 5.42. The molecule has 45 heavy (non-hydrogen) atoms. The Labute approximate surface area is 266 Å². The SMILES string of the molecule is Fc1ccc(-c2nc3ccc(N(c4ccc(-c5ccccc5)cc4)c4ccc5nc(-c6ccc(F)cc6)sc5c4)cc3s2)cc1. The van der Waals surface area contributed by atoms with Gasteiger partial charge in [-0.2, -0.15) is 0 Å². The van der Waals surface area contributed by atoms with Crippen molar-refractivity contribution in [2.24, 2.45) is 0 Å². The molecule has 0 unspecified atom stereocenters. The van der Waals surface area contributed by atoms with Crippen molar-refractivity contribution >= 4 is 60.2 Å². The predicted molar refractivity (Wildman–Crippen MR) is 184 cm³/mol. The maximum absolute atomic E-state index is 13.6. The van der Waals surface area contributed by atoms with E-state index in [2.05, 4.69) is 65.6 Å². The molecule has 2 heterocycles. The van der Waals surface area contributed by atoms with Crippen LogP contribution in [0.15, 0.2) is 140 Å². The minimum Gasteiger partial charge on any atom is -0.310 e. The number of hydrogen-bond acceptors (Lipinski definition) is 5. The molecule has 0 aliphatic carbocycles. The summed E-state index contributed by atoms with van der Waals surface area (Å²) in [5.41, 5.74) is 8.87. The summed E-state index contributed by atoms with van der Waals surface area (Å²) in [7, 11) is 0. The highest BCUT2D eigenvalue weighted by Crippen LogP contribution is 2.41. The summed E-state index contributed by atoms with van der Waals surface area (Å²) in [6, 6.07) is 44.4. The predicted octanol–water partition coefficient (Wildman–Crippen LogP) is 11.7. The van der Waals surface area contributed by atoms with Gasteiger partial charge in [-0.05, 0) is 108 Å². The summed E-state index contributed by atoms with van der Waals surface area (Å²) in [5, 5.41) is 1.70. The number of benzene rings is 6. The maximum Gasteiger partial charge on any atom is 0.124 e. The molecular formula is C38H23F2N3S2. The molecule has 0 saturated carbocycles. The number of aromatic nitrogens is 2. The Morgan fingerprint density at radius 1 is 0.422 bits per heavy atom. The molecule has 8 aromatic rings. The van der Waals surface area contributed by atoms with Gasteiger partial charge in [-0.3, -0.25) is 0 Å². The van der Waals surface area contributed by atoms with Gasteiger partial charge in [0.05, 0.1) is 20.4 Å². The average Bonchev–Trinajstić information content (AvgIpc) is 3.70. The number of halogens is 2. The first-order chi connectivity index (χ1) is 22.1. The maximum atomic E-state index is 13.6. The summed E-state index contributed by atoms with van der Waals surface area (Å²) >= 11 is 3.18. The molecule has 2 aromatic heterocycles. The fourth-order valence-corrected chi connectivity index (χ4v) is 7.43. The Hall–Kier alpha value is -5.24. The molecule has 7 heteroatoms. The van der Waals surface area contributed by atoms with E-state index in [1.807, 2.05) is 30.3 Å². The first-order valence-corrected chi connectivity index (χ1v) is 16.0. The summed E-state index contributed by atoms with van der Waals surface area (Å²) in [4.78, 5) is 11.9. The van der Waals surface area contributed by atoms with Crippen LogP contribution in [0.4, 0.5) is 25.8 Å². The minimum absolute atomic E-state index is 0.265. The number of anilines is 3. The Morgan fingerprint density at radius 2 is 0.844 bits per heavy atom. The van der Waals surface area contributed by atoms with E-state index in [1.165, 1.54) is 24.3 Å². The fraction of sp³-hybridized carbons (Fsp3) is 0. The minimum atomic E-state index is -0.265. The second-order valence-electron chi connectivity index (χ2n) is 10.6. The van der Waals surface area contributed by atoms with Crippen LogP contribution >= 0.6 is 22.7 Å². The second kappa shape index (κ2) is 11.4. The van der Waals surface area contributed by atoms with E-state index in [9.17, 15) is 8.78 Å². The Morgan fingerprint density at radius 3 is 1.33 bits per heavy atom. The van der Waals surface area contributed by atoms with Crippen molar-refractivity contribution in [3.63, 3.8) is 0 Å². The molecule has 0 aliphatic heterocycles. The molecule has 3 nitrogen and oxygen atoms in total. The second-order valence-corrected chi connectivity index (χ2v) is 12.7. The molecular weight excluding hydrogens is 601 g/mol. The van der Waals surface area contributed by atoms with Gasteiger partial charge in [-0.15, -0.1) is 22.7 Å². The molecule has 0 spiro atoms. The van der Waals surface area contributed by atoms with E-state index in [1.54, 1.807) is 46.9 Å². The molecule has 0 saturated heterocycles. The first-order valence-electron chi connectivity index (χ1n) is 14.4. The molecule has 0 atom stereocenters. The lowest BCUT2D eigenvalue weighted by molar-refractivity contribution is 0.627. The average molecular weight is 624 g/mol. The number of fused-ring (bicyclic) bond motifs is 2. The molecule has 216 valence electrons. The topological polar surface area (TPSA) is 29.0 Å². The van der Waals surface area contributed by atoms with Gasteiger partial charge in [0.15, 0.2) is 0 Å². The van der Waals surface area contributed by atoms with Gasteiger partial charge in [-0.25, -0.2) is 18.7 Å². The van der Waals surface area contributed by atoms with E-state index < -0.39 is 0 Å². The molecule has 0 radical (unpaired) electrons. The molecule has 0 fully saturated rings. The van der Waals surface area contributed by atoms with Crippen molar-refractivity contribution in [1.82, 2.24) is 9.97 Å². The first kappa shape index (κ1) is 27.3. The summed E-state index contributed by atoms with van der Waals surface area (Å²) in [5.74, 6) is -0.530. The van der Waals surface area contributed by atoms with Crippen LogP contribution in [-0.4, -0.2) is 9.97 Å². The molecule has 0 amide bonds. The van der Waals surface area contributed by atoms with Crippen LogP contribution in [0.5, 0.6) is 0 Å².